The van der Waals surface area contributed by atoms with Gasteiger partial charge < -0.3 is 19.1 Å². The maximum Gasteiger partial charge on any atom is 0.136 e. The van der Waals surface area contributed by atoms with E-state index >= 15 is 0 Å². The number of nitrogens with one attached hydrogen (secondary N) is 1. The molecule has 0 radical (unpaired) electrons. The molecule has 5 aromatic rings. The summed E-state index contributed by atoms with van der Waals surface area (Å²) in [6, 6.07) is 20.1. The fourth-order valence-corrected chi connectivity index (χ4v) is 7.84. The number of hydrogen-bond acceptors (Lipinski definition) is 4. The molecule has 0 saturated heterocycles. The van der Waals surface area contributed by atoms with E-state index in [9.17, 15) is 0 Å². The molecule has 1 N–H and O–H groups in total. The van der Waals surface area contributed by atoms with Crippen LogP contribution in [0.1, 0.15) is 59.1 Å². The number of fused-ring (bicyclic) bond motifs is 7. The standard InChI is InChI=1S/C41H32N2O2/c1-2-9-37-32(8-1)34-22-40-35(23-39(34)44-37)33-21-30(15-16-38(33)45-40)29-14-13-27-18-26(11-12-28(27)19-29)25-6-5-7-31(20-25)36-24-43-17-4-3-10-41(43)42-36/h2-7,9-17,20-24,26,29,41-42H,1,8,18-19H2. The van der Waals surface area contributed by atoms with E-state index in [2.05, 4.69) is 132 Å². The molecule has 0 bridgehead atoms. The van der Waals surface area contributed by atoms with Gasteiger partial charge in [0.1, 0.15) is 28.7 Å². The number of allylic oxidation sites excluding steroid dienone is 9. The summed E-state index contributed by atoms with van der Waals surface area (Å²) < 4.78 is 12.6. The van der Waals surface area contributed by atoms with Crippen molar-refractivity contribution in [1.29, 1.82) is 0 Å². The Kier molecular flexibility index (Phi) is 5.39. The Hall–Kier alpha value is -5.22. The Morgan fingerprint density at radius 3 is 2.38 bits per heavy atom. The molecule has 218 valence electrons. The first-order chi connectivity index (χ1) is 22.2. The molecule has 5 aliphatic rings. The molecule has 3 aromatic carbocycles. The van der Waals surface area contributed by atoms with Gasteiger partial charge in [0.15, 0.2) is 0 Å². The Bertz CT molecular complexity index is 2280. The van der Waals surface area contributed by atoms with E-state index in [4.69, 9.17) is 8.83 Å². The molecule has 4 nitrogen and oxygen atoms in total. The van der Waals surface area contributed by atoms with Crippen molar-refractivity contribution >= 4 is 44.7 Å². The van der Waals surface area contributed by atoms with Crippen molar-refractivity contribution in [1.82, 2.24) is 10.2 Å². The molecule has 45 heavy (non-hydrogen) atoms. The summed E-state index contributed by atoms with van der Waals surface area (Å²) >= 11 is 0. The molecule has 4 heterocycles. The van der Waals surface area contributed by atoms with Crippen molar-refractivity contribution in [3.8, 4) is 0 Å². The maximum absolute atomic E-state index is 6.35. The van der Waals surface area contributed by atoms with Crippen molar-refractivity contribution in [2.45, 2.75) is 43.7 Å². The molecule has 0 spiro atoms. The fraction of sp³-hybridized carbons (Fsp3) is 0.171. The van der Waals surface area contributed by atoms with Gasteiger partial charge in [0.25, 0.3) is 0 Å². The fourth-order valence-electron chi connectivity index (χ4n) is 7.84. The monoisotopic (exact) mass is 584 g/mol. The minimum Gasteiger partial charge on any atom is -0.456 e. The second kappa shape index (κ2) is 9.64. The molecule has 3 atom stereocenters. The van der Waals surface area contributed by atoms with Crippen molar-refractivity contribution < 1.29 is 8.83 Å². The third-order valence-corrected chi connectivity index (χ3v) is 10.2. The molecule has 2 aliphatic heterocycles. The first-order valence-electron chi connectivity index (χ1n) is 16.1. The first-order valence-corrected chi connectivity index (χ1v) is 16.1. The lowest BCUT2D eigenvalue weighted by Crippen LogP contribution is -2.31. The molecular formula is C41H32N2O2. The smallest absolute Gasteiger partial charge is 0.136 e. The number of furan rings is 2. The second-order valence-corrected chi connectivity index (χ2v) is 12.9. The Balaban J connectivity index is 0.903. The van der Waals surface area contributed by atoms with Crippen LogP contribution in [0.5, 0.6) is 0 Å². The van der Waals surface area contributed by atoms with Gasteiger partial charge in [0.2, 0.25) is 0 Å². The van der Waals surface area contributed by atoms with E-state index in [1.54, 1.807) is 0 Å². The molecule has 0 saturated carbocycles. The maximum atomic E-state index is 6.35. The van der Waals surface area contributed by atoms with Crippen LogP contribution >= 0.6 is 0 Å². The topological polar surface area (TPSA) is 41.6 Å². The Morgan fingerprint density at radius 2 is 1.51 bits per heavy atom. The molecule has 4 heteroatoms. The number of rotatable bonds is 3. The molecule has 0 fully saturated rings. The highest BCUT2D eigenvalue weighted by Gasteiger charge is 2.26. The summed E-state index contributed by atoms with van der Waals surface area (Å²) in [5.41, 5.74) is 12.1. The summed E-state index contributed by atoms with van der Waals surface area (Å²) in [5, 5.41) is 7.12. The van der Waals surface area contributed by atoms with Crippen molar-refractivity contribution in [3.63, 3.8) is 0 Å². The van der Waals surface area contributed by atoms with Gasteiger partial charge in [-0.2, -0.15) is 0 Å². The van der Waals surface area contributed by atoms with Gasteiger partial charge in [0, 0.05) is 46.0 Å². The van der Waals surface area contributed by atoms with E-state index in [-0.39, 0.29) is 6.17 Å². The minimum atomic E-state index is 0.208. The van der Waals surface area contributed by atoms with Crippen LogP contribution in [-0.4, -0.2) is 11.1 Å². The van der Waals surface area contributed by atoms with Gasteiger partial charge in [-0.15, -0.1) is 0 Å². The largest absolute Gasteiger partial charge is 0.456 e. The van der Waals surface area contributed by atoms with Crippen LogP contribution in [0.15, 0.2) is 136 Å². The number of benzene rings is 3. The van der Waals surface area contributed by atoms with Crippen molar-refractivity contribution in [3.05, 3.63) is 155 Å². The van der Waals surface area contributed by atoms with E-state index in [1.165, 1.54) is 44.5 Å². The van der Waals surface area contributed by atoms with Crippen molar-refractivity contribution in [2.24, 2.45) is 0 Å². The average Bonchev–Trinajstić information content (AvgIpc) is 3.79. The number of nitrogens with zero attached hydrogens (tertiary/aromatic N) is 1. The number of aryl methyl sites for hydroxylation is 1. The van der Waals surface area contributed by atoms with E-state index in [1.807, 2.05) is 0 Å². The first kappa shape index (κ1) is 25.1. The molecule has 2 aromatic heterocycles. The van der Waals surface area contributed by atoms with Crippen molar-refractivity contribution in [2.75, 3.05) is 0 Å². The zero-order valence-corrected chi connectivity index (χ0v) is 24.9. The lowest BCUT2D eigenvalue weighted by atomic mass is 9.77. The highest BCUT2D eigenvalue weighted by molar-refractivity contribution is 6.10. The summed E-state index contributed by atoms with van der Waals surface area (Å²) in [6.07, 6.45) is 28.9. The summed E-state index contributed by atoms with van der Waals surface area (Å²) in [5.74, 6) is 1.71. The lowest BCUT2D eigenvalue weighted by molar-refractivity contribution is 0.427. The predicted octanol–water partition coefficient (Wildman–Crippen LogP) is 9.99. The van der Waals surface area contributed by atoms with E-state index in [0.29, 0.717) is 11.8 Å². The third-order valence-electron chi connectivity index (χ3n) is 10.2. The minimum absolute atomic E-state index is 0.208. The van der Waals surface area contributed by atoms with Gasteiger partial charge in [-0.25, -0.2) is 0 Å². The normalized spacial score (nSPS) is 23.2. The summed E-state index contributed by atoms with van der Waals surface area (Å²) in [6.45, 7) is 0. The third kappa shape index (κ3) is 4.05. The van der Waals surface area contributed by atoms with Crippen LogP contribution in [0.4, 0.5) is 0 Å². The van der Waals surface area contributed by atoms with Gasteiger partial charge in [-0.05, 0) is 102 Å². The number of hydrogen-bond donors (Lipinski definition) is 1. The van der Waals surface area contributed by atoms with Crippen LogP contribution in [0.25, 0.3) is 44.7 Å². The van der Waals surface area contributed by atoms with Crippen LogP contribution in [0.3, 0.4) is 0 Å². The molecule has 3 unspecified atom stereocenters. The molecular weight excluding hydrogens is 552 g/mol. The SMILES string of the molecule is C1=CC2NC(c3cccc(C4C=CC5=C(C=CC(c6ccc7oc8cc9c%10c(oc9cc8c7c6)C=CCC%10)C5)C4)c3)=CN2C=C1. The quantitative estimate of drug-likeness (QED) is 0.229. The second-order valence-electron chi connectivity index (χ2n) is 12.9. The van der Waals surface area contributed by atoms with Gasteiger partial charge >= 0.3 is 0 Å². The van der Waals surface area contributed by atoms with Crippen LogP contribution in [0.2, 0.25) is 0 Å². The van der Waals surface area contributed by atoms with Crippen LogP contribution in [0, 0.1) is 0 Å². The highest BCUT2D eigenvalue weighted by atomic mass is 16.3. The zero-order chi connectivity index (χ0) is 29.5. The van der Waals surface area contributed by atoms with Crippen LogP contribution < -0.4 is 5.32 Å². The highest BCUT2D eigenvalue weighted by Crippen LogP contribution is 2.43. The summed E-state index contributed by atoms with van der Waals surface area (Å²) in [7, 11) is 0. The molecule has 10 rings (SSSR count). The average molecular weight is 585 g/mol. The lowest BCUT2D eigenvalue weighted by Gasteiger charge is -2.27. The molecule has 0 amide bonds. The summed E-state index contributed by atoms with van der Waals surface area (Å²) in [4.78, 5) is 2.22. The van der Waals surface area contributed by atoms with Gasteiger partial charge in [-0.1, -0.05) is 60.7 Å². The van der Waals surface area contributed by atoms with E-state index in [0.717, 1.165) is 59.0 Å². The van der Waals surface area contributed by atoms with Gasteiger partial charge in [0.05, 0.1) is 5.70 Å². The predicted molar refractivity (Wildman–Crippen MR) is 182 cm³/mol. The Labute approximate surface area is 261 Å². The zero-order valence-electron chi connectivity index (χ0n) is 24.9. The Morgan fingerprint density at radius 1 is 0.711 bits per heavy atom. The van der Waals surface area contributed by atoms with Gasteiger partial charge in [-0.3, -0.25) is 0 Å². The van der Waals surface area contributed by atoms with Crippen LogP contribution in [-0.2, 0) is 6.42 Å². The van der Waals surface area contributed by atoms with E-state index < -0.39 is 0 Å². The molecule has 3 aliphatic carbocycles.